The van der Waals surface area contributed by atoms with Crippen molar-refractivity contribution in [2.45, 2.75) is 19.4 Å². The number of aliphatic imine (C=N–C) groups is 1. The molecule has 0 amide bonds. The van der Waals surface area contributed by atoms with Crippen LogP contribution in [0.15, 0.2) is 53.8 Å². The number of nitriles is 1. The normalized spacial score (nSPS) is 18.1. The third kappa shape index (κ3) is 3.63. The molecule has 0 saturated carbocycles. The monoisotopic (exact) mass is 457 g/mol. The number of pyridine rings is 2. The molecular formula is C25H23N5O4. The largest absolute Gasteiger partial charge is 0.492 e. The molecular weight excluding hydrogens is 434 g/mol. The van der Waals surface area contributed by atoms with E-state index in [1.165, 1.54) is 0 Å². The lowest BCUT2D eigenvalue weighted by Crippen LogP contribution is -2.31. The summed E-state index contributed by atoms with van der Waals surface area (Å²) in [4.78, 5) is 13.6. The highest BCUT2D eigenvalue weighted by atomic mass is 16.5. The Kier molecular flexibility index (Phi) is 5.01. The lowest BCUT2D eigenvalue weighted by Gasteiger charge is -2.33. The fourth-order valence-corrected chi connectivity index (χ4v) is 3.92. The topological polar surface area (TPSA) is 125 Å². The molecule has 5 rings (SSSR count). The van der Waals surface area contributed by atoms with Crippen molar-refractivity contribution >= 4 is 6.02 Å². The predicted octanol–water partition coefficient (Wildman–Crippen LogP) is 3.77. The van der Waals surface area contributed by atoms with Crippen molar-refractivity contribution in [3.8, 4) is 40.5 Å². The molecule has 2 aliphatic heterocycles. The molecule has 0 unspecified atom stereocenters. The summed E-state index contributed by atoms with van der Waals surface area (Å²) in [5.41, 5.74) is 7.59. The SMILES string of the molecule is COc1ccc(-c2cnc3c(c2)[C@]2(COC(N)=N2)c2cc(OCC(C)(C)C#N)ccc2O3)cn1. The van der Waals surface area contributed by atoms with Crippen LogP contribution in [-0.2, 0) is 10.3 Å². The Morgan fingerprint density at radius 1 is 1.12 bits per heavy atom. The molecule has 2 aliphatic rings. The number of hydrogen-bond donors (Lipinski definition) is 1. The van der Waals surface area contributed by atoms with Gasteiger partial charge in [0, 0.05) is 35.2 Å². The molecule has 0 saturated heterocycles. The lowest BCUT2D eigenvalue weighted by molar-refractivity contribution is 0.225. The lowest BCUT2D eigenvalue weighted by atomic mass is 9.81. The molecule has 1 atom stereocenters. The molecule has 0 radical (unpaired) electrons. The van der Waals surface area contributed by atoms with Gasteiger partial charge >= 0.3 is 0 Å². The maximum absolute atomic E-state index is 9.30. The summed E-state index contributed by atoms with van der Waals surface area (Å²) in [6.07, 6.45) is 3.45. The number of rotatable bonds is 5. The third-order valence-electron chi connectivity index (χ3n) is 5.81. The first-order valence-corrected chi connectivity index (χ1v) is 10.7. The highest BCUT2D eigenvalue weighted by Crippen LogP contribution is 2.51. The molecule has 172 valence electrons. The van der Waals surface area contributed by atoms with Gasteiger partial charge in [-0.25, -0.2) is 15.0 Å². The molecule has 4 heterocycles. The van der Waals surface area contributed by atoms with Gasteiger partial charge in [-0.05, 0) is 44.2 Å². The highest BCUT2D eigenvalue weighted by Gasteiger charge is 2.48. The number of nitrogens with two attached hydrogens (primary N) is 1. The fraction of sp³-hybridized carbons (Fsp3) is 0.280. The Morgan fingerprint density at radius 3 is 2.62 bits per heavy atom. The number of nitrogens with zero attached hydrogens (tertiary/aromatic N) is 4. The average Bonchev–Trinajstić information content (AvgIpc) is 3.25. The van der Waals surface area contributed by atoms with Crippen LogP contribution in [0.3, 0.4) is 0 Å². The molecule has 1 spiro atoms. The van der Waals surface area contributed by atoms with E-state index in [9.17, 15) is 5.26 Å². The van der Waals surface area contributed by atoms with E-state index in [1.54, 1.807) is 31.6 Å². The Bertz CT molecular complexity index is 1330. The molecule has 3 aromatic rings. The van der Waals surface area contributed by atoms with Crippen molar-refractivity contribution in [3.05, 3.63) is 59.9 Å². The van der Waals surface area contributed by atoms with Crippen LogP contribution in [0.4, 0.5) is 0 Å². The van der Waals surface area contributed by atoms with Gasteiger partial charge in [0.15, 0.2) is 5.54 Å². The Morgan fingerprint density at radius 2 is 1.94 bits per heavy atom. The first-order valence-electron chi connectivity index (χ1n) is 10.7. The average molecular weight is 457 g/mol. The molecule has 2 aromatic heterocycles. The number of aromatic nitrogens is 2. The Balaban J connectivity index is 1.58. The molecule has 0 bridgehead atoms. The summed E-state index contributed by atoms with van der Waals surface area (Å²) in [6, 6.07) is 13.5. The summed E-state index contributed by atoms with van der Waals surface area (Å²) < 4.78 is 22.9. The van der Waals surface area contributed by atoms with Crippen LogP contribution in [0.5, 0.6) is 23.3 Å². The van der Waals surface area contributed by atoms with Crippen molar-refractivity contribution < 1.29 is 18.9 Å². The summed E-state index contributed by atoms with van der Waals surface area (Å²) in [7, 11) is 1.57. The molecule has 2 N–H and O–H groups in total. The molecule has 0 aliphatic carbocycles. The number of amidine groups is 1. The van der Waals surface area contributed by atoms with Crippen LogP contribution < -0.4 is 19.9 Å². The number of ether oxygens (including phenoxy) is 4. The zero-order valence-corrected chi connectivity index (χ0v) is 19.0. The molecule has 1 aromatic carbocycles. The van der Waals surface area contributed by atoms with Crippen molar-refractivity contribution in [2.75, 3.05) is 20.3 Å². The summed E-state index contributed by atoms with van der Waals surface area (Å²) in [6.45, 7) is 4.08. The van der Waals surface area contributed by atoms with Crippen LogP contribution in [0.1, 0.15) is 25.0 Å². The zero-order valence-electron chi connectivity index (χ0n) is 19.0. The Labute approximate surface area is 196 Å². The van der Waals surface area contributed by atoms with E-state index in [0.717, 1.165) is 22.3 Å². The van der Waals surface area contributed by atoms with E-state index >= 15 is 0 Å². The molecule has 9 nitrogen and oxygen atoms in total. The van der Waals surface area contributed by atoms with Crippen LogP contribution in [0.2, 0.25) is 0 Å². The van der Waals surface area contributed by atoms with E-state index in [0.29, 0.717) is 23.3 Å². The number of fused-ring (bicyclic) bond motifs is 4. The van der Waals surface area contributed by atoms with Gasteiger partial charge in [-0.1, -0.05) is 0 Å². The van der Waals surface area contributed by atoms with Gasteiger partial charge in [-0.2, -0.15) is 5.26 Å². The van der Waals surface area contributed by atoms with Gasteiger partial charge in [0.2, 0.25) is 11.8 Å². The second-order valence-corrected chi connectivity index (χ2v) is 8.81. The van der Waals surface area contributed by atoms with E-state index < -0.39 is 11.0 Å². The predicted molar refractivity (Wildman–Crippen MR) is 124 cm³/mol. The maximum atomic E-state index is 9.30. The Hall–Kier alpha value is -4.32. The number of methoxy groups -OCH3 is 1. The van der Waals surface area contributed by atoms with E-state index in [-0.39, 0.29) is 19.2 Å². The van der Waals surface area contributed by atoms with Gasteiger partial charge in [-0.3, -0.25) is 0 Å². The van der Waals surface area contributed by atoms with Gasteiger partial charge in [-0.15, -0.1) is 0 Å². The van der Waals surface area contributed by atoms with E-state index in [4.69, 9.17) is 29.7 Å². The van der Waals surface area contributed by atoms with Crippen molar-refractivity contribution in [1.82, 2.24) is 9.97 Å². The maximum Gasteiger partial charge on any atom is 0.283 e. The minimum Gasteiger partial charge on any atom is -0.492 e. The van der Waals surface area contributed by atoms with Crippen molar-refractivity contribution in [1.29, 1.82) is 5.26 Å². The van der Waals surface area contributed by atoms with E-state index in [1.807, 2.05) is 38.1 Å². The summed E-state index contributed by atoms with van der Waals surface area (Å²) in [5, 5.41) is 9.30. The molecule has 0 fully saturated rings. The second kappa shape index (κ2) is 7.92. The first kappa shape index (κ1) is 21.5. The fourth-order valence-electron chi connectivity index (χ4n) is 3.92. The minimum absolute atomic E-state index is 0.0900. The van der Waals surface area contributed by atoms with Gasteiger partial charge < -0.3 is 24.7 Å². The van der Waals surface area contributed by atoms with Gasteiger partial charge in [0.25, 0.3) is 6.02 Å². The van der Waals surface area contributed by atoms with E-state index in [2.05, 4.69) is 16.0 Å². The first-order chi connectivity index (χ1) is 16.3. The van der Waals surface area contributed by atoms with Gasteiger partial charge in [0.05, 0.1) is 24.2 Å². The quantitative estimate of drug-likeness (QED) is 0.614. The van der Waals surface area contributed by atoms with Crippen LogP contribution in [-0.4, -0.2) is 36.3 Å². The summed E-state index contributed by atoms with van der Waals surface area (Å²) in [5.74, 6) is 2.14. The summed E-state index contributed by atoms with van der Waals surface area (Å²) >= 11 is 0. The minimum atomic E-state index is -0.944. The molecule has 34 heavy (non-hydrogen) atoms. The number of benzene rings is 1. The highest BCUT2D eigenvalue weighted by molar-refractivity contribution is 5.77. The number of hydrogen-bond acceptors (Lipinski definition) is 9. The standard InChI is InChI=1S/C25H23N5O4/c1-24(2,12-26)13-32-17-5-6-20-18(9-17)25(14-33-23(27)30-25)19-8-16(11-29-22(19)34-20)15-4-7-21(31-3)28-10-15/h4-11H,13-14H2,1-3H3,(H2,27,30)/t25-/m0/s1. The smallest absolute Gasteiger partial charge is 0.283 e. The van der Waals surface area contributed by atoms with Crippen LogP contribution >= 0.6 is 0 Å². The van der Waals surface area contributed by atoms with Crippen molar-refractivity contribution in [2.24, 2.45) is 16.1 Å². The van der Waals surface area contributed by atoms with Crippen LogP contribution in [0.25, 0.3) is 11.1 Å². The third-order valence-corrected chi connectivity index (χ3v) is 5.81. The molecule has 9 heteroatoms. The second-order valence-electron chi connectivity index (χ2n) is 8.81. The van der Waals surface area contributed by atoms with Gasteiger partial charge in [0.1, 0.15) is 24.7 Å². The van der Waals surface area contributed by atoms with Crippen LogP contribution in [0, 0.1) is 16.7 Å². The van der Waals surface area contributed by atoms with Crippen molar-refractivity contribution in [3.63, 3.8) is 0 Å². The zero-order chi connectivity index (χ0) is 23.9.